The van der Waals surface area contributed by atoms with Crippen LogP contribution in [0.15, 0.2) is 0 Å². The van der Waals surface area contributed by atoms with Crippen molar-refractivity contribution in [2.24, 2.45) is 5.92 Å². The van der Waals surface area contributed by atoms with Crippen LogP contribution in [0.2, 0.25) is 0 Å². The van der Waals surface area contributed by atoms with E-state index in [-0.39, 0.29) is 12.7 Å². The number of ether oxygens (including phenoxy) is 2. The maximum atomic E-state index is 8.97. The Morgan fingerprint density at radius 3 is 2.89 bits per heavy atom. The third kappa shape index (κ3) is 4.15. The molecule has 3 atom stereocenters. The highest BCUT2D eigenvalue weighted by Crippen LogP contribution is 2.34. The fraction of sp³-hybridized carbons (Fsp3) is 1.00. The molecular weight excluding hydrogens is 242 g/mol. The van der Waals surface area contributed by atoms with E-state index in [0.717, 1.165) is 13.0 Å². The molecule has 112 valence electrons. The van der Waals surface area contributed by atoms with Crippen molar-refractivity contribution in [2.75, 3.05) is 26.3 Å². The minimum absolute atomic E-state index is 0.0693. The Bertz CT molecular complexity index is 285. The summed E-state index contributed by atoms with van der Waals surface area (Å²) in [6, 6.07) is 0.628. The first-order chi connectivity index (χ1) is 9.02. The number of hydrogen-bond donors (Lipinski definition) is 1. The molecule has 0 spiro atoms. The molecule has 0 saturated carbocycles. The number of piperidine rings is 1. The molecule has 4 heteroatoms. The topological polar surface area (TPSA) is 41.9 Å². The number of nitrogens with zero attached hydrogens (tertiary/aromatic N) is 1. The van der Waals surface area contributed by atoms with Crippen molar-refractivity contribution in [3.05, 3.63) is 0 Å². The van der Waals surface area contributed by atoms with Gasteiger partial charge in [-0.1, -0.05) is 0 Å². The zero-order valence-corrected chi connectivity index (χ0v) is 12.6. The summed E-state index contributed by atoms with van der Waals surface area (Å²) in [6.45, 7) is 9.77. The second kappa shape index (κ2) is 6.53. The van der Waals surface area contributed by atoms with Gasteiger partial charge in [0, 0.05) is 25.6 Å². The minimum atomic E-state index is -0.440. The quantitative estimate of drug-likeness (QED) is 0.830. The number of aliphatic hydroxyl groups is 1. The molecule has 2 fully saturated rings. The van der Waals surface area contributed by atoms with Gasteiger partial charge in [0.05, 0.1) is 12.7 Å². The largest absolute Gasteiger partial charge is 0.396 e. The zero-order valence-electron chi connectivity index (χ0n) is 12.6. The predicted molar refractivity (Wildman–Crippen MR) is 75.0 cm³/mol. The van der Waals surface area contributed by atoms with Crippen LogP contribution in [0.5, 0.6) is 0 Å². The Morgan fingerprint density at radius 1 is 1.42 bits per heavy atom. The highest BCUT2D eigenvalue weighted by molar-refractivity contribution is 4.82. The van der Waals surface area contributed by atoms with Crippen LogP contribution in [0.3, 0.4) is 0 Å². The molecule has 19 heavy (non-hydrogen) atoms. The Hall–Kier alpha value is -0.160. The Labute approximate surface area is 117 Å². The van der Waals surface area contributed by atoms with Gasteiger partial charge in [0.15, 0.2) is 5.79 Å². The molecule has 0 radical (unpaired) electrons. The lowest BCUT2D eigenvalue weighted by molar-refractivity contribution is -0.170. The monoisotopic (exact) mass is 271 g/mol. The Kier molecular flexibility index (Phi) is 5.23. The average molecular weight is 271 g/mol. The maximum Gasteiger partial charge on any atom is 0.166 e. The zero-order chi connectivity index (χ0) is 13.9. The Morgan fingerprint density at radius 2 is 2.21 bits per heavy atom. The number of rotatable bonds is 5. The molecule has 2 aliphatic rings. The van der Waals surface area contributed by atoms with E-state index in [1.807, 2.05) is 0 Å². The van der Waals surface area contributed by atoms with Crippen LogP contribution in [0.25, 0.3) is 0 Å². The fourth-order valence-corrected chi connectivity index (χ4v) is 3.34. The lowest BCUT2D eigenvalue weighted by Gasteiger charge is -2.38. The molecule has 2 heterocycles. The lowest BCUT2D eigenvalue weighted by Crippen LogP contribution is -2.42. The molecule has 2 rings (SSSR count). The van der Waals surface area contributed by atoms with Crippen molar-refractivity contribution in [1.29, 1.82) is 0 Å². The summed E-state index contributed by atoms with van der Waals surface area (Å²) in [5.41, 5.74) is 0. The third-order valence-electron chi connectivity index (χ3n) is 4.38. The SMILES string of the molecule is CC(C)N1CCCC(CC2(C)OCC(CCO)O2)C1. The summed E-state index contributed by atoms with van der Waals surface area (Å²) >= 11 is 0. The van der Waals surface area contributed by atoms with Crippen LogP contribution in [0.4, 0.5) is 0 Å². The molecular formula is C15H29NO3. The second-order valence-electron chi connectivity index (χ2n) is 6.50. The van der Waals surface area contributed by atoms with E-state index in [4.69, 9.17) is 14.6 Å². The molecule has 2 aliphatic heterocycles. The summed E-state index contributed by atoms with van der Waals surface area (Å²) < 4.78 is 11.8. The van der Waals surface area contributed by atoms with E-state index in [0.29, 0.717) is 25.0 Å². The van der Waals surface area contributed by atoms with Crippen molar-refractivity contribution in [1.82, 2.24) is 4.90 Å². The molecule has 0 bridgehead atoms. The summed E-state index contributed by atoms with van der Waals surface area (Å²) in [5, 5.41) is 8.97. The van der Waals surface area contributed by atoms with Crippen LogP contribution in [0.1, 0.15) is 46.5 Å². The number of hydrogen-bond acceptors (Lipinski definition) is 4. The Balaban J connectivity index is 1.83. The summed E-state index contributed by atoms with van der Waals surface area (Å²) in [7, 11) is 0. The van der Waals surface area contributed by atoms with Gasteiger partial charge in [0.25, 0.3) is 0 Å². The molecule has 0 aromatic heterocycles. The smallest absolute Gasteiger partial charge is 0.166 e. The van der Waals surface area contributed by atoms with Crippen molar-refractivity contribution in [3.63, 3.8) is 0 Å². The van der Waals surface area contributed by atoms with Crippen LogP contribution < -0.4 is 0 Å². The van der Waals surface area contributed by atoms with E-state index in [1.54, 1.807) is 0 Å². The van der Waals surface area contributed by atoms with Crippen LogP contribution in [-0.4, -0.2) is 54.2 Å². The molecule has 3 unspecified atom stereocenters. The summed E-state index contributed by atoms with van der Waals surface area (Å²) in [5.74, 6) is 0.221. The van der Waals surface area contributed by atoms with E-state index in [1.165, 1.54) is 19.4 Å². The average Bonchev–Trinajstić information content (AvgIpc) is 2.71. The van der Waals surface area contributed by atoms with Gasteiger partial charge < -0.3 is 19.5 Å². The molecule has 2 saturated heterocycles. The summed E-state index contributed by atoms with van der Waals surface area (Å²) in [4.78, 5) is 2.55. The van der Waals surface area contributed by atoms with Gasteiger partial charge in [-0.3, -0.25) is 0 Å². The number of aliphatic hydroxyl groups excluding tert-OH is 1. The van der Waals surface area contributed by atoms with Gasteiger partial charge in [0.2, 0.25) is 0 Å². The van der Waals surface area contributed by atoms with E-state index >= 15 is 0 Å². The van der Waals surface area contributed by atoms with Crippen molar-refractivity contribution in [3.8, 4) is 0 Å². The predicted octanol–water partition coefficient (Wildman–Crippen LogP) is 2.01. The lowest BCUT2D eigenvalue weighted by atomic mass is 9.90. The molecule has 0 aromatic rings. The molecule has 1 N–H and O–H groups in total. The van der Waals surface area contributed by atoms with E-state index in [9.17, 15) is 0 Å². The fourth-order valence-electron chi connectivity index (χ4n) is 3.34. The minimum Gasteiger partial charge on any atom is -0.396 e. The van der Waals surface area contributed by atoms with Crippen molar-refractivity contribution < 1.29 is 14.6 Å². The van der Waals surface area contributed by atoms with Crippen LogP contribution in [-0.2, 0) is 9.47 Å². The second-order valence-corrected chi connectivity index (χ2v) is 6.50. The molecule has 0 amide bonds. The first-order valence-corrected chi connectivity index (χ1v) is 7.69. The van der Waals surface area contributed by atoms with Gasteiger partial charge in [-0.05, 0) is 52.5 Å². The van der Waals surface area contributed by atoms with E-state index in [2.05, 4.69) is 25.7 Å². The molecule has 4 nitrogen and oxygen atoms in total. The van der Waals surface area contributed by atoms with Gasteiger partial charge in [-0.2, -0.15) is 0 Å². The van der Waals surface area contributed by atoms with Crippen molar-refractivity contribution in [2.45, 2.75) is 64.4 Å². The maximum absolute atomic E-state index is 8.97. The van der Waals surface area contributed by atoms with Crippen LogP contribution in [0, 0.1) is 5.92 Å². The highest BCUT2D eigenvalue weighted by atomic mass is 16.7. The number of likely N-dealkylation sites (tertiary alicyclic amines) is 1. The standard InChI is InChI=1S/C15H29NO3/c1-12(2)16-7-4-5-13(10-16)9-15(3)18-11-14(19-15)6-8-17/h12-14,17H,4-11H2,1-3H3. The van der Waals surface area contributed by atoms with Crippen LogP contribution >= 0.6 is 0 Å². The van der Waals surface area contributed by atoms with Crippen molar-refractivity contribution >= 4 is 0 Å². The molecule has 0 aliphatic carbocycles. The summed E-state index contributed by atoms with van der Waals surface area (Å²) in [6.07, 6.45) is 4.27. The van der Waals surface area contributed by atoms with Gasteiger partial charge in [0.1, 0.15) is 0 Å². The normalized spacial score (nSPS) is 37.1. The van der Waals surface area contributed by atoms with Gasteiger partial charge >= 0.3 is 0 Å². The van der Waals surface area contributed by atoms with Gasteiger partial charge in [-0.15, -0.1) is 0 Å². The first kappa shape index (κ1) is 15.2. The third-order valence-corrected chi connectivity index (χ3v) is 4.38. The highest BCUT2D eigenvalue weighted by Gasteiger charge is 2.39. The first-order valence-electron chi connectivity index (χ1n) is 7.69. The molecule has 0 aromatic carbocycles. The van der Waals surface area contributed by atoms with E-state index < -0.39 is 5.79 Å². The van der Waals surface area contributed by atoms with Gasteiger partial charge in [-0.25, -0.2) is 0 Å².